The zero-order valence-electron chi connectivity index (χ0n) is 11.3. The highest BCUT2D eigenvalue weighted by Crippen LogP contribution is 2.26. The lowest BCUT2D eigenvalue weighted by Gasteiger charge is -2.13. The fraction of sp³-hybridized carbons (Fsp3) is 0.0667. The zero-order valence-corrected chi connectivity index (χ0v) is 12.1. The molecule has 0 atom stereocenters. The molecular weight excluding hydrogens is 290 g/mol. The molecule has 0 aliphatic carbocycles. The molecule has 0 unspecified atom stereocenters. The van der Waals surface area contributed by atoms with Gasteiger partial charge in [-0.3, -0.25) is 15.0 Å². The van der Waals surface area contributed by atoms with Gasteiger partial charge >= 0.3 is 0 Å². The van der Waals surface area contributed by atoms with E-state index in [1.165, 1.54) is 6.07 Å². The number of aryl methyl sites for hydroxylation is 1. The zero-order chi connectivity index (χ0) is 15.4. The summed E-state index contributed by atoms with van der Waals surface area (Å²) < 4.78 is 0. The highest BCUT2D eigenvalue weighted by atomic mass is 35.5. The molecule has 0 fully saturated rings. The van der Waals surface area contributed by atoms with E-state index in [1.54, 1.807) is 37.3 Å². The summed E-state index contributed by atoms with van der Waals surface area (Å²) in [5, 5.41) is 3.12. The lowest BCUT2D eigenvalue weighted by atomic mass is 10.1. The van der Waals surface area contributed by atoms with E-state index >= 15 is 0 Å². The van der Waals surface area contributed by atoms with Crippen molar-refractivity contribution in [3.05, 3.63) is 64.2 Å². The number of rotatable bonds is 3. The average molecular weight is 304 g/mol. The summed E-state index contributed by atoms with van der Waals surface area (Å²) in [6.45, 7) is 1.75. The molecule has 2 rings (SSSR count). The molecule has 0 aliphatic heterocycles. The minimum Gasteiger partial charge on any atom is -0.321 e. The standard InChI is InChI=1S/C15H14ClN3O2/c1-9-7-11(16)8-12(15(21)19-17)13(9)18-14(20)10-5-3-2-4-6-10/h2-8H,17H2,1H3,(H,18,20)(H,19,21). The molecule has 6 heteroatoms. The Balaban J connectivity index is 2.40. The quantitative estimate of drug-likeness (QED) is 0.463. The van der Waals surface area contributed by atoms with Gasteiger partial charge in [0, 0.05) is 10.6 Å². The van der Waals surface area contributed by atoms with Crippen molar-refractivity contribution in [2.45, 2.75) is 6.92 Å². The van der Waals surface area contributed by atoms with E-state index in [9.17, 15) is 9.59 Å². The van der Waals surface area contributed by atoms with E-state index < -0.39 is 5.91 Å². The van der Waals surface area contributed by atoms with Crippen molar-refractivity contribution in [2.24, 2.45) is 5.84 Å². The lowest BCUT2D eigenvalue weighted by molar-refractivity contribution is 0.0954. The number of nitrogens with two attached hydrogens (primary N) is 1. The maximum Gasteiger partial charge on any atom is 0.267 e. The first-order chi connectivity index (χ1) is 10.0. The van der Waals surface area contributed by atoms with Gasteiger partial charge < -0.3 is 5.32 Å². The monoisotopic (exact) mass is 303 g/mol. The number of hydrogen-bond donors (Lipinski definition) is 3. The Morgan fingerprint density at radius 3 is 2.38 bits per heavy atom. The Morgan fingerprint density at radius 2 is 1.76 bits per heavy atom. The van der Waals surface area contributed by atoms with Crippen molar-refractivity contribution in [3.63, 3.8) is 0 Å². The van der Waals surface area contributed by atoms with Gasteiger partial charge in [-0.15, -0.1) is 0 Å². The molecule has 5 nitrogen and oxygen atoms in total. The third-order valence-corrected chi connectivity index (χ3v) is 3.17. The minimum atomic E-state index is -0.524. The Morgan fingerprint density at radius 1 is 1.10 bits per heavy atom. The lowest BCUT2D eigenvalue weighted by Crippen LogP contribution is -2.31. The molecule has 0 aliphatic rings. The van der Waals surface area contributed by atoms with Crippen LogP contribution in [-0.4, -0.2) is 11.8 Å². The van der Waals surface area contributed by atoms with Gasteiger partial charge in [0.05, 0.1) is 11.3 Å². The second-order valence-corrected chi connectivity index (χ2v) is 4.88. The summed E-state index contributed by atoms with van der Waals surface area (Å²) >= 11 is 5.94. The van der Waals surface area contributed by atoms with Crippen LogP contribution in [0, 0.1) is 6.92 Å². The van der Waals surface area contributed by atoms with Crippen LogP contribution in [-0.2, 0) is 0 Å². The number of nitrogens with one attached hydrogen (secondary N) is 2. The van der Waals surface area contributed by atoms with Gasteiger partial charge in [0.25, 0.3) is 11.8 Å². The Bertz CT molecular complexity index is 687. The van der Waals surface area contributed by atoms with Crippen LogP contribution >= 0.6 is 11.6 Å². The highest BCUT2D eigenvalue weighted by molar-refractivity contribution is 6.31. The van der Waals surface area contributed by atoms with Gasteiger partial charge in [-0.25, -0.2) is 5.84 Å². The number of hydrogen-bond acceptors (Lipinski definition) is 3. The van der Waals surface area contributed by atoms with Gasteiger partial charge in [-0.05, 0) is 36.8 Å². The summed E-state index contributed by atoms with van der Waals surface area (Å²) in [7, 11) is 0. The number of benzene rings is 2. The molecule has 21 heavy (non-hydrogen) atoms. The van der Waals surface area contributed by atoms with Crippen molar-refractivity contribution >= 4 is 29.1 Å². The average Bonchev–Trinajstić information content (AvgIpc) is 2.49. The fourth-order valence-electron chi connectivity index (χ4n) is 1.94. The summed E-state index contributed by atoms with van der Waals surface area (Å²) in [5.41, 5.74) is 3.80. The number of carbonyl (C=O) groups is 2. The molecule has 108 valence electrons. The van der Waals surface area contributed by atoms with E-state index in [1.807, 2.05) is 11.5 Å². The Labute approximate surface area is 127 Å². The highest BCUT2D eigenvalue weighted by Gasteiger charge is 2.16. The molecule has 0 radical (unpaired) electrons. The Kier molecular flexibility index (Phi) is 4.57. The number of halogens is 1. The molecule has 0 saturated heterocycles. The maximum absolute atomic E-state index is 12.2. The molecule has 2 aromatic carbocycles. The van der Waals surface area contributed by atoms with Crippen LogP contribution in [0.3, 0.4) is 0 Å². The summed E-state index contributed by atoms with van der Waals surface area (Å²) in [6, 6.07) is 11.8. The predicted molar refractivity (Wildman–Crippen MR) is 82.2 cm³/mol. The van der Waals surface area contributed by atoms with Crippen LogP contribution in [0.1, 0.15) is 26.3 Å². The molecule has 0 spiro atoms. The largest absolute Gasteiger partial charge is 0.321 e. The van der Waals surface area contributed by atoms with E-state index in [-0.39, 0.29) is 11.5 Å². The molecule has 4 N–H and O–H groups in total. The number of hydrazine groups is 1. The van der Waals surface area contributed by atoms with Crippen molar-refractivity contribution in [2.75, 3.05) is 5.32 Å². The molecule has 0 bridgehead atoms. The van der Waals surface area contributed by atoms with Gasteiger partial charge in [-0.1, -0.05) is 29.8 Å². The predicted octanol–water partition coefficient (Wildman–Crippen LogP) is 2.50. The number of amides is 2. The Hall–Kier alpha value is -2.37. The van der Waals surface area contributed by atoms with E-state index in [0.717, 1.165) is 0 Å². The molecule has 0 saturated carbocycles. The molecule has 2 amide bonds. The van der Waals surface area contributed by atoms with Crippen molar-refractivity contribution in [1.82, 2.24) is 5.43 Å². The van der Waals surface area contributed by atoms with E-state index in [2.05, 4.69) is 5.32 Å². The molecule has 2 aromatic rings. The van der Waals surface area contributed by atoms with Crippen LogP contribution in [0.5, 0.6) is 0 Å². The fourth-order valence-corrected chi connectivity index (χ4v) is 2.21. The topological polar surface area (TPSA) is 84.2 Å². The first-order valence-corrected chi connectivity index (χ1v) is 6.58. The summed E-state index contributed by atoms with van der Waals surface area (Å²) in [4.78, 5) is 24.0. The second kappa shape index (κ2) is 6.39. The first kappa shape index (κ1) is 15.0. The summed E-state index contributed by atoms with van der Waals surface area (Å²) in [5.74, 6) is 4.32. The number of carbonyl (C=O) groups excluding carboxylic acids is 2. The van der Waals surface area contributed by atoms with Crippen LogP contribution in [0.2, 0.25) is 5.02 Å². The van der Waals surface area contributed by atoms with E-state index in [4.69, 9.17) is 17.4 Å². The third-order valence-electron chi connectivity index (χ3n) is 2.95. The van der Waals surface area contributed by atoms with Gasteiger partial charge in [0.15, 0.2) is 0 Å². The molecular formula is C15H14ClN3O2. The SMILES string of the molecule is Cc1cc(Cl)cc(C(=O)NN)c1NC(=O)c1ccccc1. The summed E-state index contributed by atoms with van der Waals surface area (Å²) in [6.07, 6.45) is 0. The van der Waals surface area contributed by atoms with Crippen molar-refractivity contribution in [3.8, 4) is 0 Å². The van der Waals surface area contributed by atoms with Crippen LogP contribution in [0.25, 0.3) is 0 Å². The minimum absolute atomic E-state index is 0.215. The van der Waals surface area contributed by atoms with Crippen LogP contribution in [0.4, 0.5) is 5.69 Å². The van der Waals surface area contributed by atoms with Crippen LogP contribution in [0.15, 0.2) is 42.5 Å². The smallest absolute Gasteiger partial charge is 0.267 e. The number of anilines is 1. The molecule has 0 aromatic heterocycles. The third kappa shape index (κ3) is 3.39. The number of nitrogen functional groups attached to an aromatic ring is 1. The van der Waals surface area contributed by atoms with Crippen molar-refractivity contribution < 1.29 is 9.59 Å². The van der Waals surface area contributed by atoms with Gasteiger partial charge in [0.1, 0.15) is 0 Å². The molecule has 0 heterocycles. The van der Waals surface area contributed by atoms with Gasteiger partial charge in [0.2, 0.25) is 0 Å². The van der Waals surface area contributed by atoms with Crippen molar-refractivity contribution in [1.29, 1.82) is 0 Å². The first-order valence-electron chi connectivity index (χ1n) is 6.20. The second-order valence-electron chi connectivity index (χ2n) is 4.44. The van der Waals surface area contributed by atoms with E-state index in [0.29, 0.717) is 21.8 Å². The van der Waals surface area contributed by atoms with Crippen LogP contribution < -0.4 is 16.6 Å². The maximum atomic E-state index is 12.2. The normalized spacial score (nSPS) is 10.0. The van der Waals surface area contributed by atoms with Gasteiger partial charge in [-0.2, -0.15) is 0 Å².